The average Bonchev–Trinajstić information content (AvgIpc) is 2.10. The van der Waals surface area contributed by atoms with Crippen LogP contribution in [-0.2, 0) is 0 Å². The Kier molecular flexibility index (Phi) is 67.8. The van der Waals surface area contributed by atoms with Crippen LogP contribution in [0.3, 0.4) is 0 Å². The van der Waals surface area contributed by atoms with Crippen molar-refractivity contribution in [2.45, 2.75) is 40.8 Å². The predicted molar refractivity (Wildman–Crippen MR) is 63.0 cm³/mol. The number of hydrogen-bond donors (Lipinski definition) is 0. The van der Waals surface area contributed by atoms with Crippen molar-refractivity contribution in [3.05, 3.63) is 25.4 Å². The fourth-order valence-corrected chi connectivity index (χ4v) is 0.500. The lowest BCUT2D eigenvalue weighted by molar-refractivity contribution is 1.43. The van der Waals surface area contributed by atoms with Crippen LogP contribution in [0.1, 0.15) is 28.2 Å². The second-order valence-electron chi connectivity index (χ2n) is 1.62. The SMILES string of the molecule is C.C=C.C=C[SiH](C)CC.CC. The predicted octanol–water partition coefficient (Wildman–Crippen LogP) is 4.05. The quantitative estimate of drug-likeness (QED) is 0.437. The van der Waals surface area contributed by atoms with Crippen LogP contribution < -0.4 is 0 Å². The van der Waals surface area contributed by atoms with Crippen LogP contribution in [0.15, 0.2) is 25.4 Å². The molecule has 0 nitrogen and oxygen atoms in total. The average molecular weight is 174 g/mol. The molecule has 0 fully saturated rings. The second-order valence-corrected chi connectivity index (χ2v) is 4.86. The molecule has 0 aromatic rings. The van der Waals surface area contributed by atoms with E-state index in [0.29, 0.717) is 0 Å². The van der Waals surface area contributed by atoms with Crippen molar-refractivity contribution >= 4 is 8.80 Å². The van der Waals surface area contributed by atoms with Crippen LogP contribution in [0.4, 0.5) is 0 Å². The fourth-order valence-electron chi connectivity index (χ4n) is 0.167. The first kappa shape index (κ1) is 22.4. The summed E-state index contributed by atoms with van der Waals surface area (Å²) < 4.78 is 0. The summed E-state index contributed by atoms with van der Waals surface area (Å²) in [5.41, 5.74) is 2.11. The first-order chi connectivity index (χ1) is 4.81. The van der Waals surface area contributed by atoms with E-state index < -0.39 is 8.80 Å². The summed E-state index contributed by atoms with van der Waals surface area (Å²) in [5, 5.41) is 0. The topological polar surface area (TPSA) is 0 Å². The lowest BCUT2D eigenvalue weighted by Crippen LogP contribution is -1.96. The van der Waals surface area contributed by atoms with Crippen LogP contribution in [0.2, 0.25) is 12.6 Å². The molecule has 0 aromatic carbocycles. The second kappa shape index (κ2) is 33.2. The first-order valence-corrected chi connectivity index (χ1v) is 6.57. The van der Waals surface area contributed by atoms with Gasteiger partial charge in [-0.15, -0.1) is 25.4 Å². The van der Waals surface area contributed by atoms with E-state index in [-0.39, 0.29) is 7.43 Å². The Hall–Kier alpha value is -0.303. The summed E-state index contributed by atoms with van der Waals surface area (Å²) >= 11 is 0. The van der Waals surface area contributed by atoms with Crippen molar-refractivity contribution in [3.63, 3.8) is 0 Å². The molecule has 0 rings (SSSR count). The van der Waals surface area contributed by atoms with Crippen molar-refractivity contribution < 1.29 is 0 Å². The van der Waals surface area contributed by atoms with Crippen LogP contribution in [0.5, 0.6) is 0 Å². The minimum Gasteiger partial charge on any atom is -0.107 e. The smallest absolute Gasteiger partial charge is 0.0574 e. The molecule has 1 atom stereocenters. The Morgan fingerprint density at radius 3 is 1.55 bits per heavy atom. The lowest BCUT2D eigenvalue weighted by atomic mass is 11.0. The summed E-state index contributed by atoms with van der Waals surface area (Å²) in [6.07, 6.45) is 0. The van der Waals surface area contributed by atoms with Gasteiger partial charge >= 0.3 is 0 Å². The molecule has 0 spiro atoms. The zero-order chi connectivity index (χ0) is 8.99. The van der Waals surface area contributed by atoms with Gasteiger partial charge in [-0.05, 0) is 0 Å². The molecule has 0 heterocycles. The van der Waals surface area contributed by atoms with Gasteiger partial charge in [0, 0.05) is 0 Å². The molecular weight excluding hydrogens is 148 g/mol. The molecule has 0 aliphatic carbocycles. The van der Waals surface area contributed by atoms with Gasteiger partial charge in [0.05, 0.1) is 8.80 Å². The van der Waals surface area contributed by atoms with E-state index in [4.69, 9.17) is 0 Å². The summed E-state index contributed by atoms with van der Waals surface area (Å²) in [6.45, 7) is 18.2. The van der Waals surface area contributed by atoms with Crippen molar-refractivity contribution in [2.75, 3.05) is 0 Å². The molecule has 1 unspecified atom stereocenters. The van der Waals surface area contributed by atoms with Crippen LogP contribution in [-0.4, -0.2) is 8.80 Å². The summed E-state index contributed by atoms with van der Waals surface area (Å²) in [4.78, 5) is 0. The fraction of sp³-hybridized carbons (Fsp3) is 0.600. The maximum atomic E-state index is 3.69. The van der Waals surface area contributed by atoms with Gasteiger partial charge in [0.25, 0.3) is 0 Å². The van der Waals surface area contributed by atoms with E-state index in [9.17, 15) is 0 Å². The Balaban J connectivity index is -0.0000000428. The zero-order valence-corrected chi connectivity index (χ0v) is 9.14. The van der Waals surface area contributed by atoms with E-state index in [1.165, 1.54) is 6.04 Å². The van der Waals surface area contributed by atoms with Crippen molar-refractivity contribution in [1.82, 2.24) is 0 Å². The summed E-state index contributed by atoms with van der Waals surface area (Å²) in [7, 11) is -0.397. The maximum absolute atomic E-state index is 3.69. The largest absolute Gasteiger partial charge is 0.107 e. The molecule has 0 amide bonds. The molecule has 0 saturated carbocycles. The highest BCUT2D eigenvalue weighted by atomic mass is 28.3. The van der Waals surface area contributed by atoms with Crippen molar-refractivity contribution in [1.29, 1.82) is 0 Å². The van der Waals surface area contributed by atoms with Crippen LogP contribution in [0.25, 0.3) is 0 Å². The molecule has 70 valence electrons. The molecule has 0 N–H and O–H groups in total. The van der Waals surface area contributed by atoms with E-state index in [1.807, 2.05) is 13.8 Å². The highest BCUT2D eigenvalue weighted by Crippen LogP contribution is 1.87. The molecule has 0 saturated heterocycles. The first-order valence-electron chi connectivity index (χ1n) is 3.93. The number of rotatable bonds is 2. The third-order valence-electron chi connectivity index (χ3n) is 1.05. The van der Waals surface area contributed by atoms with E-state index in [2.05, 4.69) is 38.9 Å². The molecule has 0 aromatic heterocycles. The van der Waals surface area contributed by atoms with E-state index in [0.717, 1.165) is 0 Å². The van der Waals surface area contributed by atoms with Gasteiger partial charge in [0.2, 0.25) is 0 Å². The molecule has 0 aliphatic rings. The maximum Gasteiger partial charge on any atom is 0.0574 e. The Morgan fingerprint density at radius 1 is 1.27 bits per heavy atom. The lowest BCUT2D eigenvalue weighted by Gasteiger charge is -1.91. The van der Waals surface area contributed by atoms with Crippen molar-refractivity contribution in [2.24, 2.45) is 0 Å². The van der Waals surface area contributed by atoms with Crippen molar-refractivity contribution in [3.8, 4) is 0 Å². The van der Waals surface area contributed by atoms with E-state index in [1.54, 1.807) is 0 Å². The Morgan fingerprint density at radius 2 is 1.55 bits per heavy atom. The van der Waals surface area contributed by atoms with Gasteiger partial charge in [-0.3, -0.25) is 0 Å². The van der Waals surface area contributed by atoms with Gasteiger partial charge in [0.15, 0.2) is 0 Å². The zero-order valence-electron chi connectivity index (χ0n) is 7.98. The summed E-state index contributed by atoms with van der Waals surface area (Å²) in [5.74, 6) is 0. The van der Waals surface area contributed by atoms with Gasteiger partial charge in [-0.1, -0.05) is 40.8 Å². The number of hydrogen-bond acceptors (Lipinski definition) is 0. The monoisotopic (exact) mass is 174 g/mol. The Bertz CT molecular complexity index is 50.8. The summed E-state index contributed by atoms with van der Waals surface area (Å²) in [6, 6.07) is 1.35. The third kappa shape index (κ3) is 42.0. The van der Waals surface area contributed by atoms with E-state index >= 15 is 0 Å². The van der Waals surface area contributed by atoms with Gasteiger partial charge in [-0.2, -0.15) is 0 Å². The van der Waals surface area contributed by atoms with Gasteiger partial charge in [-0.25, -0.2) is 0 Å². The normalized spacial score (nSPS) is 8.36. The van der Waals surface area contributed by atoms with Crippen LogP contribution >= 0.6 is 0 Å². The standard InChI is InChI=1S/C5H12Si.C2H6.C2H4.CH4/c1-4-6(3)5-2;2*1-2;/h4,6H,1,5H2,2-3H3;1-2H3;1-2H2;1H4. The Labute approximate surface area is 75.6 Å². The molecule has 0 aliphatic heterocycles. The molecular formula is C10H26Si. The van der Waals surface area contributed by atoms with Gasteiger partial charge in [0.1, 0.15) is 0 Å². The minimum atomic E-state index is -0.397. The molecule has 11 heavy (non-hydrogen) atoms. The highest BCUT2D eigenvalue weighted by molar-refractivity contribution is 6.62. The minimum absolute atomic E-state index is 0. The molecule has 1 heteroatoms. The highest BCUT2D eigenvalue weighted by Gasteiger charge is 1.87. The third-order valence-corrected chi connectivity index (χ3v) is 3.14. The van der Waals surface area contributed by atoms with Gasteiger partial charge < -0.3 is 0 Å². The molecule has 0 bridgehead atoms. The van der Waals surface area contributed by atoms with Crippen LogP contribution in [0, 0.1) is 0 Å². The molecule has 0 radical (unpaired) electrons.